The molecule has 8 heavy (non-hydrogen) atoms. The number of nitrogens with one attached hydrogen (secondary N) is 2. The van der Waals surface area contributed by atoms with Crippen molar-refractivity contribution in [3.05, 3.63) is 0 Å². The van der Waals surface area contributed by atoms with E-state index in [1.807, 2.05) is 14.1 Å². The number of halogens is 1. The molecule has 0 bridgehead atoms. The second-order valence-electron chi connectivity index (χ2n) is 1.21. The van der Waals surface area contributed by atoms with Crippen molar-refractivity contribution in [2.75, 3.05) is 27.2 Å². The van der Waals surface area contributed by atoms with Crippen LogP contribution in [0.4, 0.5) is 0 Å². The van der Waals surface area contributed by atoms with Gasteiger partial charge < -0.3 is 10.6 Å². The van der Waals surface area contributed by atoms with Crippen LogP contribution in [0, 0.1) is 0 Å². The number of hydrogen-bond donors (Lipinski definition) is 2. The Balaban J connectivity index is -0.000000125. The molecule has 0 aliphatic rings. The summed E-state index contributed by atoms with van der Waals surface area (Å²) < 4.78 is 0. The molecule has 1 radical (unpaired) electrons. The van der Waals surface area contributed by atoms with Gasteiger partial charge in [-0.1, -0.05) is 0 Å². The quantitative estimate of drug-likeness (QED) is 0.433. The predicted molar refractivity (Wildman–Crippen MR) is 43.3 cm³/mol. The van der Waals surface area contributed by atoms with Gasteiger partial charge >= 0.3 is 0 Å². The average molecular weight is 280 g/mol. The Morgan fingerprint density at radius 1 is 1.00 bits per heavy atom. The Kier molecular flexibility index (Phi) is 31.6. The molecule has 57 valence electrons. The van der Waals surface area contributed by atoms with Crippen LogP contribution in [0.3, 0.4) is 0 Å². The summed E-state index contributed by atoms with van der Waals surface area (Å²) in [5.41, 5.74) is 0. The summed E-state index contributed by atoms with van der Waals surface area (Å²) in [6.45, 7) is 2.10. The van der Waals surface area contributed by atoms with Gasteiger partial charge in [-0.25, -0.2) is 0 Å². The summed E-state index contributed by atoms with van der Waals surface area (Å²) in [6, 6.07) is 0. The van der Waals surface area contributed by atoms with E-state index in [1.165, 1.54) is 0 Å². The van der Waals surface area contributed by atoms with Crippen molar-refractivity contribution in [2.45, 2.75) is 0 Å². The molecule has 0 unspecified atom stereocenters. The SMILES string of the molecule is CNCCNC.I.[Cu]. The minimum atomic E-state index is 0. The number of rotatable bonds is 3. The molecule has 0 heterocycles. The van der Waals surface area contributed by atoms with Crippen LogP contribution in [-0.2, 0) is 17.1 Å². The third kappa shape index (κ3) is 15.7. The van der Waals surface area contributed by atoms with E-state index in [9.17, 15) is 0 Å². The van der Waals surface area contributed by atoms with Gasteiger partial charge in [0.1, 0.15) is 0 Å². The Morgan fingerprint density at radius 3 is 1.38 bits per heavy atom. The second kappa shape index (κ2) is 15.7. The molecule has 0 amide bonds. The topological polar surface area (TPSA) is 24.1 Å². The monoisotopic (exact) mass is 279 g/mol. The first-order valence-electron chi connectivity index (χ1n) is 2.21. The van der Waals surface area contributed by atoms with Crippen LogP contribution in [-0.4, -0.2) is 27.2 Å². The molecule has 0 aromatic carbocycles. The van der Waals surface area contributed by atoms with Gasteiger partial charge in [0.25, 0.3) is 0 Å². The van der Waals surface area contributed by atoms with E-state index < -0.39 is 0 Å². The van der Waals surface area contributed by atoms with Crippen LogP contribution in [0.15, 0.2) is 0 Å². The van der Waals surface area contributed by atoms with Gasteiger partial charge in [-0.3, -0.25) is 0 Å². The van der Waals surface area contributed by atoms with Crippen molar-refractivity contribution in [1.82, 2.24) is 10.6 Å². The van der Waals surface area contributed by atoms with Crippen LogP contribution in [0.25, 0.3) is 0 Å². The summed E-state index contributed by atoms with van der Waals surface area (Å²) in [5, 5.41) is 6.01. The zero-order valence-corrected chi connectivity index (χ0v) is 8.40. The number of likely N-dealkylation sites (N-methyl/N-ethyl adjacent to an activating group) is 2. The second-order valence-corrected chi connectivity index (χ2v) is 1.21. The molecule has 0 spiro atoms. The van der Waals surface area contributed by atoms with Gasteiger partial charge in [0.2, 0.25) is 0 Å². The molecular weight excluding hydrogens is 267 g/mol. The van der Waals surface area contributed by atoms with Gasteiger partial charge in [-0.15, -0.1) is 24.0 Å². The van der Waals surface area contributed by atoms with E-state index in [1.54, 1.807) is 0 Å². The molecular formula is C4H13CuIN2. The first kappa shape index (κ1) is 16.1. The third-order valence-corrected chi connectivity index (χ3v) is 0.625. The van der Waals surface area contributed by atoms with E-state index >= 15 is 0 Å². The molecule has 0 atom stereocenters. The molecule has 0 rings (SSSR count). The molecule has 0 aromatic heterocycles. The molecule has 0 aliphatic carbocycles. The maximum absolute atomic E-state index is 3.01. The molecule has 2 nitrogen and oxygen atoms in total. The maximum atomic E-state index is 3.01. The van der Waals surface area contributed by atoms with Crippen LogP contribution < -0.4 is 10.6 Å². The summed E-state index contributed by atoms with van der Waals surface area (Å²) >= 11 is 0. The fraction of sp³-hybridized carbons (Fsp3) is 1.00. The van der Waals surface area contributed by atoms with Crippen molar-refractivity contribution in [3.8, 4) is 0 Å². The van der Waals surface area contributed by atoms with E-state index in [0.717, 1.165) is 13.1 Å². The predicted octanol–water partition coefficient (Wildman–Crippen LogP) is 0.0407. The van der Waals surface area contributed by atoms with Crippen LogP contribution >= 0.6 is 24.0 Å². The minimum Gasteiger partial charge on any atom is -0.318 e. The molecule has 0 aliphatic heterocycles. The average Bonchev–Trinajstić information content (AvgIpc) is 1.61. The van der Waals surface area contributed by atoms with E-state index in [4.69, 9.17) is 0 Å². The third-order valence-electron chi connectivity index (χ3n) is 0.625. The summed E-state index contributed by atoms with van der Waals surface area (Å²) in [4.78, 5) is 0. The van der Waals surface area contributed by atoms with Crippen molar-refractivity contribution >= 4 is 24.0 Å². The molecule has 4 heteroatoms. The summed E-state index contributed by atoms with van der Waals surface area (Å²) in [5.74, 6) is 0. The van der Waals surface area contributed by atoms with Crippen LogP contribution in [0.2, 0.25) is 0 Å². The fourth-order valence-corrected chi connectivity index (χ4v) is 0.250. The standard InChI is InChI=1S/C4H12N2.Cu.HI/c1-5-3-4-6-2;;/h5-6H,3-4H2,1-2H3;;1H. The Labute approximate surface area is 78.7 Å². The summed E-state index contributed by atoms with van der Waals surface area (Å²) in [7, 11) is 3.88. The normalized spacial score (nSPS) is 6.75. The van der Waals surface area contributed by atoms with Gasteiger partial charge in [-0.2, -0.15) is 0 Å². The van der Waals surface area contributed by atoms with Gasteiger partial charge in [0.05, 0.1) is 0 Å². The van der Waals surface area contributed by atoms with Crippen LogP contribution in [0.5, 0.6) is 0 Å². The Morgan fingerprint density at radius 2 is 1.25 bits per heavy atom. The zero-order chi connectivity index (χ0) is 4.83. The molecule has 0 saturated carbocycles. The molecule has 0 fully saturated rings. The fourth-order valence-electron chi connectivity index (χ4n) is 0.250. The Bertz CT molecular complexity index is 26.0. The van der Waals surface area contributed by atoms with Gasteiger partial charge in [0, 0.05) is 30.2 Å². The van der Waals surface area contributed by atoms with Crippen molar-refractivity contribution < 1.29 is 17.1 Å². The van der Waals surface area contributed by atoms with Gasteiger partial charge in [-0.05, 0) is 14.1 Å². The first-order valence-corrected chi connectivity index (χ1v) is 2.21. The Hall–Kier alpha value is 1.17. The largest absolute Gasteiger partial charge is 0.318 e. The maximum Gasteiger partial charge on any atom is 0.00736 e. The zero-order valence-electron chi connectivity index (χ0n) is 5.12. The minimum absolute atomic E-state index is 0. The van der Waals surface area contributed by atoms with E-state index in [2.05, 4.69) is 10.6 Å². The summed E-state index contributed by atoms with van der Waals surface area (Å²) in [6.07, 6.45) is 0. The van der Waals surface area contributed by atoms with Gasteiger partial charge in [0.15, 0.2) is 0 Å². The molecule has 2 N–H and O–H groups in total. The number of hydrogen-bond acceptors (Lipinski definition) is 2. The van der Waals surface area contributed by atoms with E-state index in [-0.39, 0.29) is 41.0 Å². The van der Waals surface area contributed by atoms with Crippen molar-refractivity contribution in [1.29, 1.82) is 0 Å². The smallest absolute Gasteiger partial charge is 0.00736 e. The van der Waals surface area contributed by atoms with E-state index in [0.29, 0.717) is 0 Å². The molecule has 0 saturated heterocycles. The van der Waals surface area contributed by atoms with Crippen molar-refractivity contribution in [2.24, 2.45) is 0 Å². The molecule has 0 aromatic rings. The van der Waals surface area contributed by atoms with Crippen molar-refractivity contribution in [3.63, 3.8) is 0 Å². The van der Waals surface area contributed by atoms with Crippen LogP contribution in [0.1, 0.15) is 0 Å². The first-order chi connectivity index (χ1) is 2.91.